The number of carboxylic acids is 1. The standard InChI is InChI=1S/C7H13N3O2S/c1-5(6(11)12)4-13-3-2-10-7(8)9/h1-4H2,(H,11,12)(H4,8,9,10). The van der Waals surface area contributed by atoms with Gasteiger partial charge in [0.25, 0.3) is 0 Å². The van der Waals surface area contributed by atoms with Crippen molar-refractivity contribution in [3.05, 3.63) is 12.2 Å². The van der Waals surface area contributed by atoms with Gasteiger partial charge in [-0.25, -0.2) is 4.79 Å². The zero-order chi connectivity index (χ0) is 10.3. The number of hydrogen-bond acceptors (Lipinski definition) is 3. The van der Waals surface area contributed by atoms with E-state index in [1.807, 2.05) is 0 Å². The predicted molar refractivity (Wildman–Crippen MR) is 54.8 cm³/mol. The second-order valence-electron chi connectivity index (χ2n) is 2.27. The molecule has 0 fully saturated rings. The highest BCUT2D eigenvalue weighted by molar-refractivity contribution is 7.99. The van der Waals surface area contributed by atoms with E-state index in [1.54, 1.807) is 0 Å². The molecule has 0 amide bonds. The molecule has 5 nitrogen and oxygen atoms in total. The van der Waals surface area contributed by atoms with E-state index in [2.05, 4.69) is 11.6 Å². The van der Waals surface area contributed by atoms with Gasteiger partial charge in [-0.05, 0) is 0 Å². The summed E-state index contributed by atoms with van der Waals surface area (Å²) in [6, 6.07) is 0. The number of aliphatic imine (C=N–C) groups is 1. The van der Waals surface area contributed by atoms with E-state index in [1.165, 1.54) is 11.8 Å². The molecule has 0 aliphatic carbocycles. The number of guanidine groups is 1. The molecule has 0 unspecified atom stereocenters. The fraction of sp³-hybridized carbons (Fsp3) is 0.429. The molecule has 74 valence electrons. The Morgan fingerprint density at radius 1 is 1.54 bits per heavy atom. The molecule has 0 atom stereocenters. The molecule has 0 rings (SSSR count). The molecule has 5 N–H and O–H groups in total. The monoisotopic (exact) mass is 203 g/mol. The third-order valence-electron chi connectivity index (χ3n) is 1.11. The quantitative estimate of drug-likeness (QED) is 0.237. The minimum absolute atomic E-state index is 0.0534. The molecule has 0 saturated carbocycles. The van der Waals surface area contributed by atoms with Crippen molar-refractivity contribution in [3.63, 3.8) is 0 Å². The van der Waals surface area contributed by atoms with Crippen LogP contribution in [0.25, 0.3) is 0 Å². The van der Waals surface area contributed by atoms with Gasteiger partial charge in [-0.15, -0.1) is 0 Å². The van der Waals surface area contributed by atoms with Crippen molar-refractivity contribution >= 4 is 23.7 Å². The van der Waals surface area contributed by atoms with Crippen LogP contribution in [0.3, 0.4) is 0 Å². The van der Waals surface area contributed by atoms with Crippen LogP contribution in [-0.2, 0) is 4.79 Å². The fourth-order valence-electron chi connectivity index (χ4n) is 0.496. The van der Waals surface area contributed by atoms with Gasteiger partial charge in [-0.2, -0.15) is 11.8 Å². The summed E-state index contributed by atoms with van der Waals surface area (Å²) in [4.78, 5) is 14.0. The largest absolute Gasteiger partial charge is 0.478 e. The van der Waals surface area contributed by atoms with Crippen LogP contribution in [0.5, 0.6) is 0 Å². The first-order valence-electron chi connectivity index (χ1n) is 3.58. The van der Waals surface area contributed by atoms with Crippen LogP contribution in [-0.4, -0.2) is 35.1 Å². The minimum Gasteiger partial charge on any atom is -0.478 e. The molecule has 0 aliphatic rings. The second kappa shape index (κ2) is 6.36. The van der Waals surface area contributed by atoms with Crippen LogP contribution in [0.2, 0.25) is 0 Å². The van der Waals surface area contributed by atoms with Gasteiger partial charge < -0.3 is 16.6 Å². The molecule has 0 aromatic heterocycles. The number of carboxylic acid groups (broad SMARTS) is 1. The molecule has 6 heteroatoms. The molecule has 0 bridgehead atoms. The lowest BCUT2D eigenvalue weighted by Crippen LogP contribution is -2.23. The summed E-state index contributed by atoms with van der Waals surface area (Å²) in [6.45, 7) is 3.88. The summed E-state index contributed by atoms with van der Waals surface area (Å²) < 4.78 is 0. The van der Waals surface area contributed by atoms with Crippen molar-refractivity contribution in [3.8, 4) is 0 Å². The summed E-state index contributed by atoms with van der Waals surface area (Å²) in [5.41, 5.74) is 10.4. The van der Waals surface area contributed by atoms with Crippen molar-refractivity contribution in [2.45, 2.75) is 0 Å². The molecule has 0 heterocycles. The normalized spacial score (nSPS) is 9.23. The van der Waals surface area contributed by atoms with Crippen molar-refractivity contribution in [2.75, 3.05) is 18.1 Å². The van der Waals surface area contributed by atoms with Gasteiger partial charge >= 0.3 is 5.97 Å². The van der Waals surface area contributed by atoms with Crippen LogP contribution in [0, 0.1) is 0 Å². The maximum atomic E-state index is 10.3. The van der Waals surface area contributed by atoms with Crippen molar-refractivity contribution in [1.82, 2.24) is 0 Å². The van der Waals surface area contributed by atoms with Gasteiger partial charge in [-0.1, -0.05) is 6.58 Å². The SMILES string of the molecule is C=C(CSCCN=C(N)N)C(=O)O. The van der Waals surface area contributed by atoms with Crippen LogP contribution >= 0.6 is 11.8 Å². The highest BCUT2D eigenvalue weighted by Crippen LogP contribution is 2.05. The third-order valence-corrected chi connectivity index (χ3v) is 2.13. The maximum Gasteiger partial charge on any atom is 0.331 e. The summed E-state index contributed by atoms with van der Waals surface area (Å²) in [5, 5.41) is 8.45. The van der Waals surface area contributed by atoms with E-state index in [4.69, 9.17) is 16.6 Å². The number of aliphatic carboxylic acids is 1. The van der Waals surface area contributed by atoms with Gasteiger partial charge in [0.05, 0.1) is 6.54 Å². The fourth-order valence-corrected chi connectivity index (χ4v) is 1.23. The number of rotatable bonds is 6. The van der Waals surface area contributed by atoms with E-state index < -0.39 is 5.97 Å². The molecule has 0 radical (unpaired) electrons. The number of hydrogen-bond donors (Lipinski definition) is 3. The number of thioether (sulfide) groups is 1. The molecule has 0 aromatic rings. The van der Waals surface area contributed by atoms with E-state index in [-0.39, 0.29) is 11.5 Å². The molecule has 0 aliphatic heterocycles. The lowest BCUT2D eigenvalue weighted by molar-refractivity contribution is -0.132. The summed E-state index contributed by atoms with van der Waals surface area (Å²) >= 11 is 1.43. The predicted octanol–water partition coefficient (Wildman–Crippen LogP) is -0.366. The van der Waals surface area contributed by atoms with Gasteiger partial charge in [-0.3, -0.25) is 4.99 Å². The first-order valence-corrected chi connectivity index (χ1v) is 4.73. The maximum absolute atomic E-state index is 10.3. The Labute approximate surface area is 80.9 Å². The number of nitrogens with zero attached hydrogens (tertiary/aromatic N) is 1. The van der Waals surface area contributed by atoms with Crippen LogP contribution in [0.15, 0.2) is 17.1 Å². The Balaban J connectivity index is 3.42. The molecule has 13 heavy (non-hydrogen) atoms. The highest BCUT2D eigenvalue weighted by atomic mass is 32.2. The summed E-state index contributed by atoms with van der Waals surface area (Å²) in [7, 11) is 0. The van der Waals surface area contributed by atoms with Crippen LogP contribution < -0.4 is 11.5 Å². The van der Waals surface area contributed by atoms with Crippen molar-refractivity contribution < 1.29 is 9.90 Å². The van der Waals surface area contributed by atoms with Crippen molar-refractivity contribution in [1.29, 1.82) is 0 Å². The number of nitrogens with two attached hydrogens (primary N) is 2. The topological polar surface area (TPSA) is 102 Å². The molecule has 0 aromatic carbocycles. The molecule has 0 saturated heterocycles. The molecular formula is C7H13N3O2S. The number of carbonyl (C=O) groups is 1. The van der Waals surface area contributed by atoms with Crippen molar-refractivity contribution in [2.24, 2.45) is 16.5 Å². The van der Waals surface area contributed by atoms with Crippen LogP contribution in [0.4, 0.5) is 0 Å². The average molecular weight is 203 g/mol. The first kappa shape index (κ1) is 11.8. The Morgan fingerprint density at radius 3 is 2.62 bits per heavy atom. The highest BCUT2D eigenvalue weighted by Gasteiger charge is 2.02. The van der Waals surface area contributed by atoms with Gasteiger partial charge in [0.1, 0.15) is 0 Å². The van der Waals surface area contributed by atoms with Gasteiger partial charge in [0, 0.05) is 17.1 Å². The Kier molecular flexibility index (Phi) is 5.79. The van der Waals surface area contributed by atoms with Gasteiger partial charge in [0.2, 0.25) is 0 Å². The van der Waals surface area contributed by atoms with Gasteiger partial charge in [0.15, 0.2) is 5.96 Å². The van der Waals surface area contributed by atoms with E-state index in [9.17, 15) is 4.79 Å². The third kappa shape index (κ3) is 7.20. The average Bonchev–Trinajstić information content (AvgIpc) is 2.02. The smallest absolute Gasteiger partial charge is 0.331 e. The first-order chi connectivity index (χ1) is 6.04. The summed E-state index contributed by atoms with van der Waals surface area (Å²) in [6.07, 6.45) is 0. The molecule has 0 spiro atoms. The zero-order valence-electron chi connectivity index (χ0n) is 7.19. The summed E-state index contributed by atoms with van der Waals surface area (Å²) in [5.74, 6) is 0.173. The van der Waals surface area contributed by atoms with Crippen LogP contribution in [0.1, 0.15) is 0 Å². The Morgan fingerprint density at radius 2 is 2.15 bits per heavy atom. The Bertz CT molecular complexity index is 224. The lowest BCUT2D eigenvalue weighted by Gasteiger charge is -1.98. The Hall–Kier alpha value is -1.17. The molecular weight excluding hydrogens is 190 g/mol. The van der Waals surface area contributed by atoms with E-state index in [0.29, 0.717) is 18.1 Å². The van der Waals surface area contributed by atoms with E-state index in [0.717, 1.165) is 0 Å². The van der Waals surface area contributed by atoms with E-state index >= 15 is 0 Å². The zero-order valence-corrected chi connectivity index (χ0v) is 8.01. The second-order valence-corrected chi connectivity index (χ2v) is 3.37. The minimum atomic E-state index is -0.964. The lowest BCUT2D eigenvalue weighted by atomic mass is 10.4.